The average molecular weight is 274 g/mol. The minimum absolute atomic E-state index is 0.112. The zero-order chi connectivity index (χ0) is 14.8. The van der Waals surface area contributed by atoms with Crippen LogP contribution in [0.15, 0.2) is 24.3 Å². The summed E-state index contributed by atoms with van der Waals surface area (Å²) in [6.07, 6.45) is 2.95. The Morgan fingerprint density at radius 1 is 1.15 bits per heavy atom. The summed E-state index contributed by atoms with van der Waals surface area (Å²) in [6.45, 7) is 6.34. The Hall–Kier alpha value is -1.84. The average Bonchev–Trinajstić information content (AvgIpc) is 2.71. The van der Waals surface area contributed by atoms with Crippen molar-refractivity contribution in [2.45, 2.75) is 46.1 Å². The van der Waals surface area contributed by atoms with E-state index in [1.807, 2.05) is 19.1 Å². The van der Waals surface area contributed by atoms with E-state index in [0.717, 1.165) is 24.8 Å². The number of amides is 2. The van der Waals surface area contributed by atoms with E-state index in [1.54, 1.807) is 12.1 Å². The maximum atomic E-state index is 11.9. The molecule has 1 saturated carbocycles. The molecule has 0 aromatic heterocycles. The maximum absolute atomic E-state index is 11.9. The Morgan fingerprint density at radius 3 is 2.35 bits per heavy atom. The number of carbonyl (C=O) groups excluding carboxylic acids is 2. The smallest absolute Gasteiger partial charge is 0.313 e. The monoisotopic (exact) mass is 274 g/mol. The fraction of sp³-hybridized carbons (Fsp3) is 0.500. The molecule has 1 aliphatic rings. The molecule has 0 bridgehead atoms. The van der Waals surface area contributed by atoms with Gasteiger partial charge in [0.2, 0.25) is 0 Å². The summed E-state index contributed by atoms with van der Waals surface area (Å²) in [7, 11) is 0. The number of aryl methyl sites for hydroxylation is 1. The Kier molecular flexibility index (Phi) is 4.12. The van der Waals surface area contributed by atoms with Gasteiger partial charge >= 0.3 is 11.8 Å². The number of carbonyl (C=O) groups is 2. The summed E-state index contributed by atoms with van der Waals surface area (Å²) < 4.78 is 0. The molecule has 0 radical (unpaired) electrons. The molecule has 1 atom stereocenters. The second-order valence-electron chi connectivity index (χ2n) is 6.40. The highest BCUT2D eigenvalue weighted by Gasteiger charge is 2.32. The van der Waals surface area contributed by atoms with E-state index < -0.39 is 11.8 Å². The van der Waals surface area contributed by atoms with Crippen LogP contribution in [0.25, 0.3) is 0 Å². The molecule has 1 unspecified atom stereocenters. The number of hydrogen-bond acceptors (Lipinski definition) is 2. The first kappa shape index (κ1) is 14.6. The molecule has 2 rings (SSSR count). The standard InChI is InChI=1S/C16H22N2O2/c1-11-4-6-12(7-5-11)17-14(19)15(20)18-13-8-9-16(2,3)10-13/h4-7,13H,8-10H2,1-3H3,(H,17,19)(H,18,20). The minimum atomic E-state index is -0.599. The summed E-state index contributed by atoms with van der Waals surface area (Å²) >= 11 is 0. The predicted molar refractivity (Wildman–Crippen MR) is 79.4 cm³/mol. The Bertz CT molecular complexity index is 506. The maximum Gasteiger partial charge on any atom is 0.313 e. The molecule has 1 aromatic carbocycles. The molecule has 1 aliphatic carbocycles. The van der Waals surface area contributed by atoms with Crippen LogP contribution in [0, 0.1) is 12.3 Å². The van der Waals surface area contributed by atoms with Crippen LogP contribution in [0.1, 0.15) is 38.7 Å². The quantitative estimate of drug-likeness (QED) is 0.814. The van der Waals surface area contributed by atoms with Gasteiger partial charge in [0.05, 0.1) is 0 Å². The number of benzene rings is 1. The van der Waals surface area contributed by atoms with Crippen molar-refractivity contribution in [3.63, 3.8) is 0 Å². The van der Waals surface area contributed by atoms with Gasteiger partial charge in [0.1, 0.15) is 0 Å². The van der Waals surface area contributed by atoms with E-state index in [9.17, 15) is 9.59 Å². The number of rotatable bonds is 2. The van der Waals surface area contributed by atoms with Crippen LogP contribution in [0.2, 0.25) is 0 Å². The Labute approximate surface area is 119 Å². The van der Waals surface area contributed by atoms with Gasteiger partial charge in [-0.3, -0.25) is 9.59 Å². The molecule has 108 valence electrons. The predicted octanol–water partition coefficient (Wildman–Crippen LogP) is 2.63. The third-order valence-electron chi connectivity index (χ3n) is 3.82. The molecule has 2 N–H and O–H groups in total. The largest absolute Gasteiger partial charge is 0.345 e. The zero-order valence-corrected chi connectivity index (χ0v) is 12.3. The molecular formula is C16H22N2O2. The molecule has 1 fully saturated rings. The summed E-state index contributed by atoms with van der Waals surface area (Å²) in [5.74, 6) is -1.15. The highest BCUT2D eigenvalue weighted by molar-refractivity contribution is 6.39. The van der Waals surface area contributed by atoms with Gasteiger partial charge in [-0.2, -0.15) is 0 Å². The third kappa shape index (κ3) is 3.83. The minimum Gasteiger partial charge on any atom is -0.345 e. The second kappa shape index (κ2) is 5.65. The van der Waals surface area contributed by atoms with Crippen LogP contribution in [0.5, 0.6) is 0 Å². The van der Waals surface area contributed by atoms with Crippen molar-refractivity contribution in [3.05, 3.63) is 29.8 Å². The molecule has 0 saturated heterocycles. The Morgan fingerprint density at radius 2 is 1.80 bits per heavy atom. The van der Waals surface area contributed by atoms with Gasteiger partial charge in [0.15, 0.2) is 0 Å². The first-order chi connectivity index (χ1) is 9.35. The van der Waals surface area contributed by atoms with Crippen molar-refractivity contribution in [2.24, 2.45) is 5.41 Å². The van der Waals surface area contributed by atoms with E-state index in [0.29, 0.717) is 5.69 Å². The first-order valence-corrected chi connectivity index (χ1v) is 7.04. The van der Waals surface area contributed by atoms with E-state index in [-0.39, 0.29) is 11.5 Å². The lowest BCUT2D eigenvalue weighted by Gasteiger charge is -2.17. The summed E-state index contributed by atoms with van der Waals surface area (Å²) in [5, 5.41) is 5.43. The number of nitrogens with one attached hydrogen (secondary N) is 2. The van der Waals surface area contributed by atoms with Gasteiger partial charge in [0, 0.05) is 11.7 Å². The molecule has 1 aromatic rings. The summed E-state index contributed by atoms with van der Waals surface area (Å²) in [6, 6.07) is 7.49. The highest BCUT2D eigenvalue weighted by atomic mass is 16.2. The van der Waals surface area contributed by atoms with Crippen LogP contribution < -0.4 is 10.6 Å². The fourth-order valence-corrected chi connectivity index (χ4v) is 2.64. The van der Waals surface area contributed by atoms with Crippen molar-refractivity contribution in [1.82, 2.24) is 5.32 Å². The lowest BCUT2D eigenvalue weighted by Crippen LogP contribution is -2.41. The van der Waals surface area contributed by atoms with E-state index in [1.165, 1.54) is 0 Å². The van der Waals surface area contributed by atoms with Crippen LogP contribution in [0.4, 0.5) is 5.69 Å². The van der Waals surface area contributed by atoms with Gasteiger partial charge in [-0.25, -0.2) is 0 Å². The van der Waals surface area contributed by atoms with Gasteiger partial charge < -0.3 is 10.6 Å². The van der Waals surface area contributed by atoms with Gasteiger partial charge in [-0.15, -0.1) is 0 Å². The number of anilines is 1. The molecule has 0 spiro atoms. The van der Waals surface area contributed by atoms with Gasteiger partial charge in [-0.05, 0) is 43.7 Å². The van der Waals surface area contributed by atoms with Crippen molar-refractivity contribution in [3.8, 4) is 0 Å². The molecular weight excluding hydrogens is 252 g/mol. The van der Waals surface area contributed by atoms with Crippen molar-refractivity contribution in [2.75, 3.05) is 5.32 Å². The lowest BCUT2D eigenvalue weighted by molar-refractivity contribution is -0.136. The van der Waals surface area contributed by atoms with Crippen molar-refractivity contribution < 1.29 is 9.59 Å². The SMILES string of the molecule is Cc1ccc(NC(=O)C(=O)NC2CCC(C)(C)C2)cc1. The summed E-state index contributed by atoms with van der Waals surface area (Å²) in [5.41, 5.74) is 2.01. The van der Waals surface area contributed by atoms with Crippen LogP contribution in [-0.4, -0.2) is 17.9 Å². The van der Waals surface area contributed by atoms with Crippen LogP contribution in [0.3, 0.4) is 0 Å². The fourth-order valence-electron chi connectivity index (χ4n) is 2.64. The molecule has 0 heterocycles. The topological polar surface area (TPSA) is 58.2 Å². The third-order valence-corrected chi connectivity index (χ3v) is 3.82. The van der Waals surface area contributed by atoms with Crippen LogP contribution in [-0.2, 0) is 9.59 Å². The van der Waals surface area contributed by atoms with Gasteiger partial charge in [-0.1, -0.05) is 31.5 Å². The summed E-state index contributed by atoms with van der Waals surface area (Å²) in [4.78, 5) is 23.7. The molecule has 0 aliphatic heterocycles. The number of hydrogen-bond donors (Lipinski definition) is 2. The molecule has 4 heteroatoms. The van der Waals surface area contributed by atoms with E-state index >= 15 is 0 Å². The zero-order valence-electron chi connectivity index (χ0n) is 12.3. The van der Waals surface area contributed by atoms with E-state index in [2.05, 4.69) is 24.5 Å². The molecule has 2 amide bonds. The Balaban J connectivity index is 1.86. The van der Waals surface area contributed by atoms with Gasteiger partial charge in [0.25, 0.3) is 0 Å². The molecule has 20 heavy (non-hydrogen) atoms. The lowest BCUT2D eigenvalue weighted by atomic mass is 9.92. The van der Waals surface area contributed by atoms with Crippen molar-refractivity contribution in [1.29, 1.82) is 0 Å². The normalized spacial score (nSPS) is 20.4. The first-order valence-electron chi connectivity index (χ1n) is 7.04. The van der Waals surface area contributed by atoms with E-state index in [4.69, 9.17) is 0 Å². The molecule has 4 nitrogen and oxygen atoms in total. The second-order valence-corrected chi connectivity index (χ2v) is 6.40. The van der Waals surface area contributed by atoms with Crippen LogP contribution >= 0.6 is 0 Å². The highest BCUT2D eigenvalue weighted by Crippen LogP contribution is 2.36. The van der Waals surface area contributed by atoms with Crippen molar-refractivity contribution >= 4 is 17.5 Å².